The van der Waals surface area contributed by atoms with Gasteiger partial charge < -0.3 is 20.1 Å². The molecule has 4 amide bonds. The predicted molar refractivity (Wildman–Crippen MR) is 137 cm³/mol. The van der Waals surface area contributed by atoms with Crippen molar-refractivity contribution < 1.29 is 23.9 Å². The van der Waals surface area contributed by atoms with E-state index in [-0.39, 0.29) is 41.3 Å². The highest BCUT2D eigenvalue weighted by Crippen LogP contribution is 2.37. The van der Waals surface area contributed by atoms with Crippen molar-refractivity contribution >= 4 is 41.2 Å². The minimum Gasteiger partial charge on any atom is -0.493 e. The molecular formula is C27H24ClN3O5. The number of carbonyl (C=O) groups is 3. The summed E-state index contributed by atoms with van der Waals surface area (Å²) in [5.74, 6) is -0.352. The maximum Gasteiger partial charge on any atom is 0.329 e. The molecule has 3 aromatic rings. The number of para-hydroxylation sites is 1. The quantitative estimate of drug-likeness (QED) is 0.339. The maximum absolute atomic E-state index is 12.9. The summed E-state index contributed by atoms with van der Waals surface area (Å²) in [6.07, 6.45) is 1.51. The molecule has 36 heavy (non-hydrogen) atoms. The van der Waals surface area contributed by atoms with Crippen molar-refractivity contribution in [2.45, 2.75) is 13.5 Å². The molecule has 0 aromatic heterocycles. The number of aryl methyl sites for hydroxylation is 1. The van der Waals surface area contributed by atoms with Gasteiger partial charge in [-0.1, -0.05) is 59.6 Å². The van der Waals surface area contributed by atoms with Gasteiger partial charge in [0.25, 0.3) is 11.8 Å². The van der Waals surface area contributed by atoms with Gasteiger partial charge >= 0.3 is 6.03 Å². The number of nitrogens with zero attached hydrogens (tertiary/aromatic N) is 1. The number of nitrogens with one attached hydrogen (secondary N) is 2. The number of halogens is 1. The zero-order chi connectivity index (χ0) is 25.7. The van der Waals surface area contributed by atoms with E-state index >= 15 is 0 Å². The van der Waals surface area contributed by atoms with Crippen LogP contribution in [0.15, 0.2) is 72.4 Å². The average Bonchev–Trinajstić information content (AvgIpc) is 3.12. The van der Waals surface area contributed by atoms with Crippen LogP contribution in [-0.4, -0.2) is 36.5 Å². The van der Waals surface area contributed by atoms with E-state index in [1.165, 1.54) is 13.2 Å². The normalized spacial score (nSPS) is 14.1. The number of methoxy groups -OCH3 is 1. The molecule has 9 heteroatoms. The number of hydrogen-bond acceptors (Lipinski definition) is 5. The molecule has 1 saturated heterocycles. The Bertz CT molecular complexity index is 1320. The van der Waals surface area contributed by atoms with Crippen LogP contribution in [0.3, 0.4) is 0 Å². The first-order valence-electron chi connectivity index (χ1n) is 11.1. The lowest BCUT2D eigenvalue weighted by molar-refractivity contribution is -0.123. The van der Waals surface area contributed by atoms with Crippen molar-refractivity contribution in [3.63, 3.8) is 0 Å². The molecule has 4 rings (SSSR count). The summed E-state index contributed by atoms with van der Waals surface area (Å²) >= 11 is 6.41. The zero-order valence-electron chi connectivity index (χ0n) is 19.7. The highest BCUT2D eigenvalue weighted by atomic mass is 35.5. The molecular weight excluding hydrogens is 482 g/mol. The summed E-state index contributed by atoms with van der Waals surface area (Å²) in [4.78, 5) is 38.7. The van der Waals surface area contributed by atoms with Crippen molar-refractivity contribution in [3.8, 4) is 11.5 Å². The van der Waals surface area contributed by atoms with Crippen LogP contribution in [0.2, 0.25) is 5.02 Å². The van der Waals surface area contributed by atoms with E-state index in [1.54, 1.807) is 24.3 Å². The topological polar surface area (TPSA) is 97.0 Å². The minimum absolute atomic E-state index is 0.112. The Labute approximate surface area is 213 Å². The highest BCUT2D eigenvalue weighted by molar-refractivity contribution is 6.32. The lowest BCUT2D eigenvalue weighted by Crippen LogP contribution is -2.30. The fourth-order valence-electron chi connectivity index (χ4n) is 3.58. The standard InChI is InChI=1S/C27H24ClN3O5/c1-17-8-10-18(11-9-17)15-31-26(33)22(30-27(31)34)13-19-12-21(28)25(23(14-19)35-2)36-16-24(32)29-20-6-4-3-5-7-20/h3-14H,15-16H2,1-2H3,(H,29,32)(H,30,34)/b22-13+. The Morgan fingerprint density at radius 2 is 1.81 bits per heavy atom. The van der Waals surface area contributed by atoms with E-state index in [0.717, 1.165) is 16.0 Å². The number of carbonyl (C=O) groups excluding carboxylic acids is 3. The van der Waals surface area contributed by atoms with Crippen LogP contribution in [0, 0.1) is 6.92 Å². The Morgan fingerprint density at radius 3 is 2.50 bits per heavy atom. The smallest absolute Gasteiger partial charge is 0.329 e. The molecule has 3 aromatic carbocycles. The summed E-state index contributed by atoms with van der Waals surface area (Å²) in [6.45, 7) is 1.84. The molecule has 2 N–H and O–H groups in total. The van der Waals surface area contributed by atoms with E-state index in [2.05, 4.69) is 10.6 Å². The van der Waals surface area contributed by atoms with Crippen molar-refractivity contribution in [1.29, 1.82) is 0 Å². The first kappa shape index (κ1) is 24.8. The number of rotatable bonds is 8. The Balaban J connectivity index is 1.46. The molecule has 0 unspecified atom stereocenters. The van der Waals surface area contributed by atoms with Gasteiger partial charge in [0.1, 0.15) is 5.70 Å². The highest BCUT2D eigenvalue weighted by Gasteiger charge is 2.33. The Kier molecular flexibility index (Phi) is 7.56. The molecule has 1 fully saturated rings. The third-order valence-corrected chi connectivity index (χ3v) is 5.67. The largest absolute Gasteiger partial charge is 0.493 e. The van der Waals surface area contributed by atoms with Gasteiger partial charge in [-0.25, -0.2) is 4.79 Å². The van der Waals surface area contributed by atoms with Crippen LogP contribution >= 0.6 is 11.6 Å². The third-order valence-electron chi connectivity index (χ3n) is 5.39. The zero-order valence-corrected chi connectivity index (χ0v) is 20.5. The number of anilines is 1. The number of imide groups is 1. The van der Waals surface area contributed by atoms with Crippen molar-refractivity contribution in [3.05, 3.63) is 94.1 Å². The van der Waals surface area contributed by atoms with E-state index in [4.69, 9.17) is 21.1 Å². The molecule has 184 valence electrons. The number of benzene rings is 3. The number of urea groups is 1. The van der Waals surface area contributed by atoms with Gasteiger partial charge in [0.2, 0.25) is 0 Å². The molecule has 1 aliphatic heterocycles. The Morgan fingerprint density at radius 1 is 1.08 bits per heavy atom. The summed E-state index contributed by atoms with van der Waals surface area (Å²) in [5.41, 5.74) is 3.20. The van der Waals surface area contributed by atoms with Crippen LogP contribution < -0.4 is 20.1 Å². The first-order chi connectivity index (χ1) is 17.3. The van der Waals surface area contributed by atoms with Gasteiger partial charge in [-0.3, -0.25) is 14.5 Å². The van der Waals surface area contributed by atoms with Gasteiger partial charge in [-0.15, -0.1) is 0 Å². The van der Waals surface area contributed by atoms with Crippen LogP contribution in [0.25, 0.3) is 6.08 Å². The lowest BCUT2D eigenvalue weighted by Gasteiger charge is -2.13. The summed E-state index contributed by atoms with van der Waals surface area (Å²) in [6, 6.07) is 19.2. The number of amides is 4. The van der Waals surface area contributed by atoms with E-state index in [1.807, 2.05) is 49.4 Å². The molecule has 8 nitrogen and oxygen atoms in total. The maximum atomic E-state index is 12.9. The van der Waals surface area contributed by atoms with Crippen LogP contribution in [0.1, 0.15) is 16.7 Å². The van der Waals surface area contributed by atoms with Gasteiger partial charge in [0.15, 0.2) is 18.1 Å². The van der Waals surface area contributed by atoms with Crippen molar-refractivity contribution in [2.24, 2.45) is 0 Å². The Hall–Kier alpha value is -4.30. The number of hydrogen-bond donors (Lipinski definition) is 2. The monoisotopic (exact) mass is 505 g/mol. The van der Waals surface area contributed by atoms with Crippen LogP contribution in [0.4, 0.5) is 10.5 Å². The van der Waals surface area contributed by atoms with Gasteiger partial charge in [-0.05, 0) is 48.4 Å². The summed E-state index contributed by atoms with van der Waals surface area (Å²) < 4.78 is 11.0. The average molecular weight is 506 g/mol. The van der Waals surface area contributed by atoms with Gasteiger partial charge in [-0.2, -0.15) is 0 Å². The molecule has 1 heterocycles. The van der Waals surface area contributed by atoms with Crippen molar-refractivity contribution in [2.75, 3.05) is 19.0 Å². The SMILES string of the molecule is COc1cc(/C=C2/NC(=O)N(Cc3ccc(C)cc3)C2=O)cc(Cl)c1OCC(=O)Nc1ccccc1. The van der Waals surface area contributed by atoms with Crippen LogP contribution in [-0.2, 0) is 16.1 Å². The molecule has 0 bridgehead atoms. The molecule has 0 saturated carbocycles. The summed E-state index contributed by atoms with van der Waals surface area (Å²) in [7, 11) is 1.44. The minimum atomic E-state index is -0.505. The number of ether oxygens (including phenoxy) is 2. The molecule has 0 spiro atoms. The van der Waals surface area contributed by atoms with Gasteiger partial charge in [0, 0.05) is 5.69 Å². The van der Waals surface area contributed by atoms with E-state index in [0.29, 0.717) is 11.3 Å². The van der Waals surface area contributed by atoms with Crippen LogP contribution in [0.5, 0.6) is 11.5 Å². The van der Waals surface area contributed by atoms with E-state index in [9.17, 15) is 14.4 Å². The van der Waals surface area contributed by atoms with E-state index < -0.39 is 11.9 Å². The molecule has 0 atom stereocenters. The second-order valence-corrected chi connectivity index (χ2v) is 8.51. The second kappa shape index (κ2) is 11.0. The fraction of sp³-hybridized carbons (Fsp3) is 0.148. The second-order valence-electron chi connectivity index (χ2n) is 8.10. The van der Waals surface area contributed by atoms with Gasteiger partial charge in [0.05, 0.1) is 18.7 Å². The molecule has 0 aliphatic carbocycles. The predicted octanol–water partition coefficient (Wildman–Crippen LogP) is 4.77. The summed E-state index contributed by atoms with van der Waals surface area (Å²) in [5, 5.41) is 5.50. The fourth-order valence-corrected chi connectivity index (χ4v) is 3.85. The molecule has 0 radical (unpaired) electrons. The molecule has 1 aliphatic rings. The van der Waals surface area contributed by atoms with Crippen molar-refractivity contribution in [1.82, 2.24) is 10.2 Å². The first-order valence-corrected chi connectivity index (χ1v) is 11.5. The third kappa shape index (κ3) is 5.84. The lowest BCUT2D eigenvalue weighted by atomic mass is 10.1.